The largest absolute Gasteiger partial charge is 0.339 e. The Bertz CT molecular complexity index is 404. The van der Waals surface area contributed by atoms with Crippen LogP contribution in [0.15, 0.2) is 6.07 Å². The summed E-state index contributed by atoms with van der Waals surface area (Å²) in [7, 11) is 1.96. The fraction of sp³-hybridized carbons (Fsp3) is 0.643. The van der Waals surface area contributed by atoms with Gasteiger partial charge in [-0.15, -0.1) is 11.3 Å². The van der Waals surface area contributed by atoms with Gasteiger partial charge in [-0.1, -0.05) is 19.3 Å². The Morgan fingerprint density at radius 3 is 2.47 bits per heavy atom. The minimum atomic E-state index is 0.207. The van der Waals surface area contributed by atoms with Crippen LogP contribution >= 0.6 is 11.3 Å². The third kappa shape index (κ3) is 2.71. The highest BCUT2D eigenvalue weighted by atomic mass is 32.1. The second-order valence-corrected chi connectivity index (χ2v) is 6.50. The molecule has 2 rings (SSSR count). The van der Waals surface area contributed by atoms with Crippen LogP contribution in [0.5, 0.6) is 0 Å². The summed E-state index contributed by atoms with van der Waals surface area (Å²) in [6.07, 6.45) is 6.21. The van der Waals surface area contributed by atoms with Crippen LogP contribution in [0.4, 0.5) is 0 Å². The van der Waals surface area contributed by atoms with Crippen LogP contribution in [0, 0.1) is 13.8 Å². The Kier molecular flexibility index (Phi) is 3.87. The zero-order valence-electron chi connectivity index (χ0n) is 11.0. The van der Waals surface area contributed by atoms with Crippen molar-refractivity contribution >= 4 is 17.2 Å². The van der Waals surface area contributed by atoms with Gasteiger partial charge in [0.25, 0.3) is 5.91 Å². The number of hydrogen-bond donors (Lipinski definition) is 0. The van der Waals surface area contributed by atoms with Crippen molar-refractivity contribution in [2.75, 3.05) is 7.05 Å². The van der Waals surface area contributed by atoms with Gasteiger partial charge in [-0.25, -0.2) is 0 Å². The van der Waals surface area contributed by atoms with E-state index in [1.807, 2.05) is 24.9 Å². The molecule has 1 aliphatic rings. The SMILES string of the molecule is Cc1cc(C(=O)N(C)C2CCCCC2)c(C)s1. The molecule has 1 saturated carbocycles. The van der Waals surface area contributed by atoms with E-state index in [4.69, 9.17) is 0 Å². The Hall–Kier alpha value is -0.830. The third-order valence-electron chi connectivity index (χ3n) is 3.71. The van der Waals surface area contributed by atoms with Gasteiger partial charge in [-0.05, 0) is 32.8 Å². The summed E-state index contributed by atoms with van der Waals surface area (Å²) in [5.41, 5.74) is 0.903. The Labute approximate surface area is 108 Å². The van der Waals surface area contributed by atoms with Gasteiger partial charge in [0, 0.05) is 22.8 Å². The van der Waals surface area contributed by atoms with E-state index >= 15 is 0 Å². The predicted octanol–water partition coefficient (Wildman–Crippen LogP) is 3.77. The van der Waals surface area contributed by atoms with E-state index in [0.29, 0.717) is 6.04 Å². The zero-order valence-corrected chi connectivity index (χ0v) is 11.8. The molecule has 0 saturated heterocycles. The lowest BCUT2D eigenvalue weighted by molar-refractivity contribution is 0.0696. The van der Waals surface area contributed by atoms with Crippen LogP contribution in [0.1, 0.15) is 52.2 Å². The van der Waals surface area contributed by atoms with Crippen LogP contribution in [-0.2, 0) is 0 Å². The van der Waals surface area contributed by atoms with Crippen LogP contribution in [0.25, 0.3) is 0 Å². The molecule has 2 nitrogen and oxygen atoms in total. The minimum absolute atomic E-state index is 0.207. The van der Waals surface area contributed by atoms with Crippen molar-refractivity contribution in [1.29, 1.82) is 0 Å². The van der Waals surface area contributed by atoms with E-state index in [1.54, 1.807) is 11.3 Å². The molecule has 94 valence electrons. The molecular weight excluding hydrogens is 230 g/mol. The lowest BCUT2D eigenvalue weighted by Gasteiger charge is -2.31. The van der Waals surface area contributed by atoms with E-state index in [2.05, 4.69) is 6.92 Å². The molecule has 1 fully saturated rings. The second kappa shape index (κ2) is 5.21. The predicted molar refractivity (Wildman–Crippen MR) is 72.8 cm³/mol. The highest BCUT2D eigenvalue weighted by Crippen LogP contribution is 2.26. The molecule has 1 amide bonds. The Morgan fingerprint density at radius 2 is 1.94 bits per heavy atom. The van der Waals surface area contributed by atoms with E-state index in [1.165, 1.54) is 37.0 Å². The summed E-state index contributed by atoms with van der Waals surface area (Å²) < 4.78 is 0. The summed E-state index contributed by atoms with van der Waals surface area (Å²) in [4.78, 5) is 16.7. The van der Waals surface area contributed by atoms with Gasteiger partial charge in [-0.2, -0.15) is 0 Å². The average Bonchev–Trinajstić information content (AvgIpc) is 2.68. The van der Waals surface area contributed by atoms with Gasteiger partial charge in [0.15, 0.2) is 0 Å². The highest BCUT2D eigenvalue weighted by Gasteiger charge is 2.24. The quantitative estimate of drug-likeness (QED) is 0.783. The first-order chi connectivity index (χ1) is 8.09. The maximum atomic E-state index is 12.4. The molecular formula is C14H21NOS. The average molecular weight is 251 g/mol. The summed E-state index contributed by atoms with van der Waals surface area (Å²) in [5.74, 6) is 0.207. The van der Waals surface area contributed by atoms with E-state index < -0.39 is 0 Å². The van der Waals surface area contributed by atoms with Crippen molar-refractivity contribution in [2.24, 2.45) is 0 Å². The molecule has 0 N–H and O–H groups in total. The van der Waals surface area contributed by atoms with Gasteiger partial charge in [0.2, 0.25) is 0 Å². The molecule has 0 aliphatic heterocycles. The fourth-order valence-electron chi connectivity index (χ4n) is 2.67. The number of thiophene rings is 1. The first-order valence-corrected chi connectivity index (χ1v) is 7.25. The molecule has 0 spiro atoms. The van der Waals surface area contributed by atoms with Crippen molar-refractivity contribution < 1.29 is 4.79 Å². The maximum Gasteiger partial charge on any atom is 0.254 e. The number of carbonyl (C=O) groups excluding carboxylic acids is 1. The topological polar surface area (TPSA) is 20.3 Å². The first-order valence-electron chi connectivity index (χ1n) is 6.44. The van der Waals surface area contributed by atoms with E-state index in [-0.39, 0.29) is 5.91 Å². The number of nitrogens with zero attached hydrogens (tertiary/aromatic N) is 1. The monoisotopic (exact) mass is 251 g/mol. The van der Waals surface area contributed by atoms with Crippen LogP contribution in [0.2, 0.25) is 0 Å². The van der Waals surface area contributed by atoms with Crippen molar-refractivity contribution in [1.82, 2.24) is 4.90 Å². The number of rotatable bonds is 2. The third-order valence-corrected chi connectivity index (χ3v) is 4.68. The second-order valence-electron chi connectivity index (χ2n) is 5.03. The number of amides is 1. The molecule has 0 radical (unpaired) electrons. The van der Waals surface area contributed by atoms with Gasteiger partial charge < -0.3 is 4.90 Å². The molecule has 1 aromatic rings. The van der Waals surface area contributed by atoms with E-state index in [0.717, 1.165) is 10.4 Å². The molecule has 0 aromatic carbocycles. The maximum absolute atomic E-state index is 12.4. The molecule has 1 aromatic heterocycles. The number of hydrogen-bond acceptors (Lipinski definition) is 2. The minimum Gasteiger partial charge on any atom is -0.339 e. The fourth-order valence-corrected chi connectivity index (χ4v) is 3.58. The molecule has 3 heteroatoms. The van der Waals surface area contributed by atoms with Gasteiger partial charge >= 0.3 is 0 Å². The van der Waals surface area contributed by atoms with Crippen LogP contribution < -0.4 is 0 Å². The summed E-state index contributed by atoms with van der Waals surface area (Å²) >= 11 is 1.71. The molecule has 1 aliphatic carbocycles. The van der Waals surface area contributed by atoms with Crippen molar-refractivity contribution in [3.63, 3.8) is 0 Å². The normalized spacial score (nSPS) is 17.1. The summed E-state index contributed by atoms with van der Waals surface area (Å²) in [6, 6.07) is 2.48. The van der Waals surface area contributed by atoms with Gasteiger partial charge in [0.05, 0.1) is 5.56 Å². The Morgan fingerprint density at radius 1 is 1.29 bits per heavy atom. The van der Waals surface area contributed by atoms with Crippen molar-refractivity contribution in [3.05, 3.63) is 21.4 Å². The lowest BCUT2D eigenvalue weighted by atomic mass is 9.94. The van der Waals surface area contributed by atoms with E-state index in [9.17, 15) is 4.79 Å². The zero-order chi connectivity index (χ0) is 12.4. The molecule has 0 unspecified atom stereocenters. The smallest absolute Gasteiger partial charge is 0.254 e. The van der Waals surface area contributed by atoms with Crippen LogP contribution in [0.3, 0.4) is 0 Å². The first kappa shape index (κ1) is 12.6. The molecule has 0 atom stereocenters. The van der Waals surface area contributed by atoms with Gasteiger partial charge in [-0.3, -0.25) is 4.79 Å². The van der Waals surface area contributed by atoms with Crippen molar-refractivity contribution in [3.8, 4) is 0 Å². The summed E-state index contributed by atoms with van der Waals surface area (Å²) in [5, 5.41) is 0. The number of carbonyl (C=O) groups is 1. The summed E-state index contributed by atoms with van der Waals surface area (Å²) in [6.45, 7) is 4.11. The molecule has 17 heavy (non-hydrogen) atoms. The lowest BCUT2D eigenvalue weighted by Crippen LogP contribution is -2.38. The van der Waals surface area contributed by atoms with Crippen LogP contribution in [-0.4, -0.2) is 23.9 Å². The number of aryl methyl sites for hydroxylation is 2. The van der Waals surface area contributed by atoms with Gasteiger partial charge in [0.1, 0.15) is 0 Å². The standard InChI is InChI=1S/C14H21NOS/c1-10-9-13(11(2)17-10)14(16)15(3)12-7-5-4-6-8-12/h9,12H,4-8H2,1-3H3. The molecule has 1 heterocycles. The van der Waals surface area contributed by atoms with Crippen molar-refractivity contribution in [2.45, 2.75) is 52.0 Å². The molecule has 0 bridgehead atoms. The Balaban J connectivity index is 2.11. The highest BCUT2D eigenvalue weighted by molar-refractivity contribution is 7.12.